The summed E-state index contributed by atoms with van der Waals surface area (Å²) in [7, 11) is 0. The molecule has 0 N–H and O–H groups in total. The molecule has 0 saturated carbocycles. The summed E-state index contributed by atoms with van der Waals surface area (Å²) in [4.78, 5) is 14.8. The molecule has 6 heteroatoms. The molecule has 0 unspecified atom stereocenters. The van der Waals surface area contributed by atoms with E-state index < -0.39 is 0 Å². The molecule has 0 bridgehead atoms. The minimum Gasteiger partial charge on any atom is -0.311 e. The largest absolute Gasteiger partial charge is 0.311 e. The van der Waals surface area contributed by atoms with E-state index in [4.69, 9.17) is 0 Å². The summed E-state index contributed by atoms with van der Waals surface area (Å²) >= 11 is 1.46. The summed E-state index contributed by atoms with van der Waals surface area (Å²) in [6, 6.07) is 18.2. The van der Waals surface area contributed by atoms with E-state index in [2.05, 4.69) is 27.8 Å². The van der Waals surface area contributed by atoms with Crippen LogP contribution in [0.15, 0.2) is 59.8 Å². The molecule has 0 atom stereocenters. The van der Waals surface area contributed by atoms with Crippen molar-refractivity contribution in [3.05, 3.63) is 60.2 Å². The van der Waals surface area contributed by atoms with Gasteiger partial charge in [-0.05, 0) is 31.4 Å². The minimum absolute atomic E-state index is 0.124. The van der Waals surface area contributed by atoms with Gasteiger partial charge in [0.2, 0.25) is 5.91 Å². The lowest BCUT2D eigenvalue weighted by Gasteiger charge is -2.29. The number of thioether (sulfide) groups is 1. The number of rotatable bonds is 5. The molecule has 0 saturated heterocycles. The maximum absolute atomic E-state index is 12.9. The predicted molar refractivity (Wildman–Crippen MR) is 109 cm³/mol. The lowest BCUT2D eigenvalue weighted by atomic mass is 10.0. The fourth-order valence-corrected chi connectivity index (χ4v) is 4.36. The summed E-state index contributed by atoms with van der Waals surface area (Å²) in [6.07, 6.45) is 2.05. The zero-order chi connectivity index (χ0) is 18.6. The third kappa shape index (κ3) is 3.62. The maximum Gasteiger partial charge on any atom is 0.237 e. The fraction of sp³-hybridized carbons (Fsp3) is 0.286. The van der Waals surface area contributed by atoms with E-state index in [0.717, 1.165) is 48.2 Å². The zero-order valence-electron chi connectivity index (χ0n) is 15.3. The van der Waals surface area contributed by atoms with Crippen LogP contribution in [0.2, 0.25) is 0 Å². The van der Waals surface area contributed by atoms with Gasteiger partial charge in [-0.3, -0.25) is 4.79 Å². The number of carbonyl (C=O) groups excluding carboxylic acids is 1. The van der Waals surface area contributed by atoms with Crippen LogP contribution in [0.4, 0.5) is 5.69 Å². The Labute approximate surface area is 163 Å². The predicted octanol–water partition coefficient (Wildman–Crippen LogP) is 4.04. The smallest absolute Gasteiger partial charge is 0.237 e. The molecule has 138 valence electrons. The second-order valence-electron chi connectivity index (χ2n) is 6.48. The second kappa shape index (κ2) is 7.96. The first-order valence-electron chi connectivity index (χ1n) is 9.27. The highest BCUT2D eigenvalue weighted by Gasteiger charge is 2.23. The molecule has 1 aliphatic rings. The third-order valence-corrected chi connectivity index (χ3v) is 5.75. The highest BCUT2D eigenvalue weighted by Crippen LogP contribution is 2.29. The van der Waals surface area contributed by atoms with Gasteiger partial charge in [-0.1, -0.05) is 60.3 Å². The lowest BCUT2D eigenvalue weighted by molar-refractivity contribution is -0.116. The van der Waals surface area contributed by atoms with Crippen LogP contribution in [-0.4, -0.2) is 33.0 Å². The van der Waals surface area contributed by atoms with Gasteiger partial charge in [-0.2, -0.15) is 0 Å². The van der Waals surface area contributed by atoms with Gasteiger partial charge in [-0.15, -0.1) is 10.2 Å². The summed E-state index contributed by atoms with van der Waals surface area (Å²) < 4.78 is 2.07. The number of para-hydroxylation sites is 1. The van der Waals surface area contributed by atoms with Crippen LogP contribution < -0.4 is 4.90 Å². The molecule has 4 rings (SSSR count). The Kier molecular flexibility index (Phi) is 5.25. The first-order valence-corrected chi connectivity index (χ1v) is 10.3. The third-order valence-electron chi connectivity index (χ3n) is 4.80. The standard InChI is InChI=1S/C21H22N4OS/c1-2-24-20(17-10-4-3-5-11-17)22-23-21(24)27-15-19(26)25-14-8-12-16-9-6-7-13-18(16)25/h3-7,9-11,13H,2,8,12,14-15H2,1H3. The highest BCUT2D eigenvalue weighted by atomic mass is 32.2. The zero-order valence-corrected chi connectivity index (χ0v) is 16.2. The first kappa shape index (κ1) is 17.8. The minimum atomic E-state index is 0.124. The molecular formula is C21H22N4OS. The Morgan fingerprint density at radius 2 is 1.85 bits per heavy atom. The number of hydrogen-bond acceptors (Lipinski definition) is 4. The molecule has 27 heavy (non-hydrogen) atoms. The van der Waals surface area contributed by atoms with Gasteiger partial charge in [0.05, 0.1) is 5.75 Å². The number of anilines is 1. The number of benzene rings is 2. The van der Waals surface area contributed by atoms with Crippen molar-refractivity contribution in [1.82, 2.24) is 14.8 Å². The molecule has 0 aliphatic carbocycles. The van der Waals surface area contributed by atoms with Crippen molar-refractivity contribution in [3.8, 4) is 11.4 Å². The summed E-state index contributed by atoms with van der Waals surface area (Å²) in [5.41, 5.74) is 3.34. The van der Waals surface area contributed by atoms with Crippen LogP contribution in [-0.2, 0) is 17.8 Å². The molecule has 3 aromatic rings. The van der Waals surface area contributed by atoms with E-state index in [1.165, 1.54) is 17.3 Å². The van der Waals surface area contributed by atoms with Crippen LogP contribution >= 0.6 is 11.8 Å². The van der Waals surface area contributed by atoms with Crippen molar-refractivity contribution in [2.45, 2.75) is 31.5 Å². The maximum atomic E-state index is 12.9. The van der Waals surface area contributed by atoms with Gasteiger partial charge in [0.25, 0.3) is 0 Å². The van der Waals surface area contributed by atoms with E-state index in [1.54, 1.807) is 0 Å². The van der Waals surface area contributed by atoms with E-state index in [1.807, 2.05) is 53.4 Å². The van der Waals surface area contributed by atoms with Crippen LogP contribution in [0.5, 0.6) is 0 Å². The number of nitrogens with zero attached hydrogens (tertiary/aromatic N) is 4. The number of hydrogen-bond donors (Lipinski definition) is 0. The molecule has 1 amide bonds. The van der Waals surface area contributed by atoms with Crippen molar-refractivity contribution in [2.75, 3.05) is 17.2 Å². The monoisotopic (exact) mass is 378 g/mol. The normalized spacial score (nSPS) is 13.4. The van der Waals surface area contributed by atoms with Gasteiger partial charge in [0, 0.05) is 24.3 Å². The van der Waals surface area contributed by atoms with Gasteiger partial charge < -0.3 is 9.47 Å². The number of fused-ring (bicyclic) bond motifs is 1. The molecule has 1 aliphatic heterocycles. The molecular weight excluding hydrogens is 356 g/mol. The van der Waals surface area contributed by atoms with E-state index >= 15 is 0 Å². The van der Waals surface area contributed by atoms with E-state index in [-0.39, 0.29) is 5.91 Å². The molecule has 0 fully saturated rings. The van der Waals surface area contributed by atoms with Gasteiger partial charge in [0.15, 0.2) is 11.0 Å². The van der Waals surface area contributed by atoms with Crippen molar-refractivity contribution < 1.29 is 4.79 Å². The quantitative estimate of drug-likeness (QED) is 0.629. The molecule has 2 aromatic carbocycles. The summed E-state index contributed by atoms with van der Waals surface area (Å²) in [5, 5.41) is 9.47. The Bertz CT molecular complexity index is 938. The van der Waals surface area contributed by atoms with Gasteiger partial charge >= 0.3 is 0 Å². The fourth-order valence-electron chi connectivity index (χ4n) is 3.48. The molecule has 2 heterocycles. The van der Waals surface area contributed by atoms with Crippen molar-refractivity contribution in [1.29, 1.82) is 0 Å². The Morgan fingerprint density at radius 1 is 1.07 bits per heavy atom. The number of aromatic nitrogens is 3. The van der Waals surface area contributed by atoms with Crippen LogP contribution in [0.3, 0.4) is 0 Å². The number of amides is 1. The summed E-state index contributed by atoms with van der Waals surface area (Å²) in [6.45, 7) is 3.62. The van der Waals surface area contributed by atoms with Crippen molar-refractivity contribution >= 4 is 23.4 Å². The molecule has 0 spiro atoms. The second-order valence-corrected chi connectivity index (χ2v) is 7.43. The molecule has 1 aromatic heterocycles. The average Bonchev–Trinajstić information content (AvgIpc) is 3.15. The summed E-state index contributed by atoms with van der Waals surface area (Å²) in [5.74, 6) is 1.33. The molecule has 0 radical (unpaired) electrons. The van der Waals surface area contributed by atoms with Gasteiger partial charge in [-0.25, -0.2) is 0 Å². The van der Waals surface area contributed by atoms with Crippen LogP contribution in [0.25, 0.3) is 11.4 Å². The molecule has 5 nitrogen and oxygen atoms in total. The van der Waals surface area contributed by atoms with Gasteiger partial charge in [0.1, 0.15) is 0 Å². The Balaban J connectivity index is 1.50. The van der Waals surface area contributed by atoms with Crippen molar-refractivity contribution in [3.63, 3.8) is 0 Å². The van der Waals surface area contributed by atoms with Crippen molar-refractivity contribution in [2.24, 2.45) is 0 Å². The van der Waals surface area contributed by atoms with E-state index in [9.17, 15) is 4.79 Å². The van der Waals surface area contributed by atoms with E-state index in [0.29, 0.717) is 5.75 Å². The lowest BCUT2D eigenvalue weighted by Crippen LogP contribution is -2.36. The number of carbonyl (C=O) groups is 1. The average molecular weight is 379 g/mol. The Hall–Kier alpha value is -2.60. The Morgan fingerprint density at radius 3 is 2.67 bits per heavy atom. The first-order chi connectivity index (χ1) is 13.3. The topological polar surface area (TPSA) is 51.0 Å². The number of aryl methyl sites for hydroxylation is 1. The highest BCUT2D eigenvalue weighted by molar-refractivity contribution is 7.99. The van der Waals surface area contributed by atoms with Crippen LogP contribution in [0.1, 0.15) is 18.9 Å². The van der Waals surface area contributed by atoms with Crippen LogP contribution in [0, 0.1) is 0 Å². The SMILES string of the molecule is CCn1c(SCC(=O)N2CCCc3ccccc32)nnc1-c1ccccc1.